The van der Waals surface area contributed by atoms with Crippen LogP contribution in [0.5, 0.6) is 0 Å². The molecule has 1 aromatic carbocycles. The van der Waals surface area contributed by atoms with Gasteiger partial charge in [0.15, 0.2) is 0 Å². The summed E-state index contributed by atoms with van der Waals surface area (Å²) in [4.78, 5) is 0. The van der Waals surface area contributed by atoms with Gasteiger partial charge in [0.1, 0.15) is 0 Å². The average Bonchev–Trinajstić information content (AvgIpc) is 2.61. The van der Waals surface area contributed by atoms with E-state index in [1.807, 2.05) is 0 Å². The maximum atomic E-state index is 2.37. The molecule has 0 bridgehead atoms. The highest BCUT2D eigenvalue weighted by atomic mass is 14.0. The first-order chi connectivity index (χ1) is 11.9. The van der Waals surface area contributed by atoms with Gasteiger partial charge in [0.05, 0.1) is 0 Å². The average molecular weight is 331 g/mol. The van der Waals surface area contributed by atoms with Gasteiger partial charge in [-0.25, -0.2) is 0 Å². The highest BCUT2D eigenvalue weighted by Crippen LogP contribution is 2.14. The maximum absolute atomic E-state index is 2.37. The van der Waals surface area contributed by atoms with Gasteiger partial charge in [-0.05, 0) is 36.8 Å². The first kappa shape index (κ1) is 21.3. The van der Waals surface area contributed by atoms with Crippen LogP contribution in [0.15, 0.2) is 24.3 Å². The van der Waals surface area contributed by atoms with E-state index in [0.29, 0.717) is 0 Å². The Balaban J connectivity index is 2.02. The first-order valence-electron chi connectivity index (χ1n) is 10.9. The van der Waals surface area contributed by atoms with Crippen molar-refractivity contribution in [1.82, 2.24) is 0 Å². The summed E-state index contributed by atoms with van der Waals surface area (Å²) in [5.74, 6) is 0. The van der Waals surface area contributed by atoms with Gasteiger partial charge >= 0.3 is 0 Å². The monoisotopic (exact) mass is 330 g/mol. The fraction of sp³-hybridized carbons (Fsp3) is 0.750. The van der Waals surface area contributed by atoms with Crippen molar-refractivity contribution >= 4 is 0 Å². The Morgan fingerprint density at radius 2 is 0.708 bits per heavy atom. The van der Waals surface area contributed by atoms with Crippen molar-refractivity contribution in [2.45, 2.75) is 117 Å². The number of benzene rings is 1. The van der Waals surface area contributed by atoms with Crippen molar-refractivity contribution < 1.29 is 0 Å². The zero-order chi connectivity index (χ0) is 17.3. The van der Waals surface area contributed by atoms with Crippen LogP contribution in [0.4, 0.5) is 0 Å². The molecular formula is C24H42. The zero-order valence-electron chi connectivity index (χ0n) is 16.6. The van der Waals surface area contributed by atoms with Gasteiger partial charge in [-0.2, -0.15) is 0 Å². The number of rotatable bonds is 16. The quantitative estimate of drug-likeness (QED) is 0.267. The molecule has 0 fully saturated rings. The first-order valence-corrected chi connectivity index (χ1v) is 10.9. The molecule has 0 nitrogen and oxygen atoms in total. The van der Waals surface area contributed by atoms with Gasteiger partial charge in [-0.3, -0.25) is 0 Å². The van der Waals surface area contributed by atoms with Crippen LogP contribution in [-0.2, 0) is 12.8 Å². The predicted octanol–water partition coefficient (Wildman–Crippen LogP) is 8.27. The Bertz CT molecular complexity index is 325. The second-order valence-corrected chi connectivity index (χ2v) is 7.56. The molecule has 0 aromatic heterocycles. The second-order valence-electron chi connectivity index (χ2n) is 7.56. The summed E-state index contributed by atoms with van der Waals surface area (Å²) in [6.07, 6.45) is 22.2. The van der Waals surface area contributed by atoms with E-state index in [1.54, 1.807) is 0 Å². The van der Waals surface area contributed by atoms with Gasteiger partial charge in [0.2, 0.25) is 0 Å². The van der Waals surface area contributed by atoms with E-state index in [-0.39, 0.29) is 0 Å². The van der Waals surface area contributed by atoms with Crippen molar-refractivity contribution in [1.29, 1.82) is 0 Å². The largest absolute Gasteiger partial charge is 0.0654 e. The molecule has 0 aliphatic carbocycles. The molecule has 0 spiro atoms. The van der Waals surface area contributed by atoms with Crippen LogP contribution >= 0.6 is 0 Å². The van der Waals surface area contributed by atoms with Crippen LogP contribution in [-0.4, -0.2) is 0 Å². The summed E-state index contributed by atoms with van der Waals surface area (Å²) < 4.78 is 0. The molecule has 0 N–H and O–H groups in total. The summed E-state index contributed by atoms with van der Waals surface area (Å²) in [5, 5.41) is 0. The van der Waals surface area contributed by atoms with Gasteiger partial charge in [0.25, 0.3) is 0 Å². The highest BCUT2D eigenvalue weighted by molar-refractivity contribution is 5.22. The molecule has 0 atom stereocenters. The molecule has 0 unspecified atom stereocenters. The molecule has 0 amide bonds. The van der Waals surface area contributed by atoms with Crippen molar-refractivity contribution in [2.75, 3.05) is 0 Å². The third-order valence-corrected chi connectivity index (χ3v) is 5.16. The minimum absolute atomic E-state index is 1.27. The lowest BCUT2D eigenvalue weighted by atomic mass is 10.0. The molecule has 0 radical (unpaired) electrons. The Hall–Kier alpha value is -0.780. The van der Waals surface area contributed by atoms with Gasteiger partial charge < -0.3 is 0 Å². The smallest absolute Gasteiger partial charge is 0.0279 e. The van der Waals surface area contributed by atoms with Crippen LogP contribution in [0.1, 0.15) is 115 Å². The van der Waals surface area contributed by atoms with Crippen LogP contribution in [0.25, 0.3) is 0 Å². The van der Waals surface area contributed by atoms with Gasteiger partial charge in [-0.1, -0.05) is 115 Å². The lowest BCUT2D eigenvalue weighted by molar-refractivity contribution is 0.588. The minimum Gasteiger partial charge on any atom is -0.0654 e. The molecule has 0 saturated heterocycles. The van der Waals surface area contributed by atoms with E-state index in [2.05, 4.69) is 38.1 Å². The number of hydrogen-bond donors (Lipinski definition) is 0. The summed E-state index contributed by atoms with van der Waals surface area (Å²) in [7, 11) is 0. The van der Waals surface area contributed by atoms with Crippen molar-refractivity contribution in [3.63, 3.8) is 0 Å². The normalized spacial score (nSPS) is 11.1. The third kappa shape index (κ3) is 11.7. The Kier molecular flexibility index (Phi) is 13.9. The molecule has 0 aliphatic heterocycles. The van der Waals surface area contributed by atoms with Crippen molar-refractivity contribution in [3.8, 4) is 0 Å². The molecule has 0 heteroatoms. The van der Waals surface area contributed by atoms with E-state index in [0.717, 1.165) is 0 Å². The Morgan fingerprint density at radius 3 is 1.04 bits per heavy atom. The van der Waals surface area contributed by atoms with E-state index in [9.17, 15) is 0 Å². The lowest BCUT2D eigenvalue weighted by Gasteiger charge is -2.05. The Labute approximate surface area is 152 Å². The number of hydrogen-bond acceptors (Lipinski definition) is 0. The van der Waals surface area contributed by atoms with Crippen LogP contribution in [0.2, 0.25) is 0 Å². The van der Waals surface area contributed by atoms with E-state index >= 15 is 0 Å². The van der Waals surface area contributed by atoms with Crippen LogP contribution in [0, 0.1) is 0 Å². The van der Waals surface area contributed by atoms with E-state index in [4.69, 9.17) is 0 Å². The van der Waals surface area contributed by atoms with Gasteiger partial charge in [0, 0.05) is 0 Å². The molecular weight excluding hydrogens is 288 g/mol. The third-order valence-electron chi connectivity index (χ3n) is 5.16. The van der Waals surface area contributed by atoms with Gasteiger partial charge in [-0.15, -0.1) is 0 Å². The molecule has 0 aliphatic rings. The predicted molar refractivity (Wildman–Crippen MR) is 110 cm³/mol. The standard InChI is InChI=1S/C24H42/c1-3-5-7-9-11-13-15-17-23-19-21-24(22-20-23)18-16-14-12-10-8-6-4-2/h19-22H,3-18H2,1-2H3. The molecule has 138 valence electrons. The molecule has 0 saturated carbocycles. The molecule has 24 heavy (non-hydrogen) atoms. The summed E-state index contributed by atoms with van der Waals surface area (Å²) in [6, 6.07) is 9.47. The summed E-state index contributed by atoms with van der Waals surface area (Å²) in [6.45, 7) is 4.58. The molecule has 1 aromatic rings. The summed E-state index contributed by atoms with van der Waals surface area (Å²) in [5.41, 5.74) is 3.07. The maximum Gasteiger partial charge on any atom is -0.0279 e. The lowest BCUT2D eigenvalue weighted by Crippen LogP contribution is -1.90. The topological polar surface area (TPSA) is 0 Å². The van der Waals surface area contributed by atoms with E-state index < -0.39 is 0 Å². The van der Waals surface area contributed by atoms with Crippen molar-refractivity contribution in [3.05, 3.63) is 35.4 Å². The van der Waals surface area contributed by atoms with E-state index in [1.165, 1.54) is 114 Å². The molecule has 1 rings (SSSR count). The fourth-order valence-electron chi connectivity index (χ4n) is 3.45. The second kappa shape index (κ2) is 15.7. The number of aryl methyl sites for hydroxylation is 2. The SMILES string of the molecule is CCCCCCCCCc1ccc(CCCCCCCCC)cc1. The minimum atomic E-state index is 1.27. The Morgan fingerprint density at radius 1 is 0.417 bits per heavy atom. The zero-order valence-corrected chi connectivity index (χ0v) is 16.6. The van der Waals surface area contributed by atoms with Crippen molar-refractivity contribution in [2.24, 2.45) is 0 Å². The van der Waals surface area contributed by atoms with Crippen LogP contribution in [0.3, 0.4) is 0 Å². The molecule has 0 heterocycles. The highest BCUT2D eigenvalue weighted by Gasteiger charge is 1.97. The summed E-state index contributed by atoms with van der Waals surface area (Å²) >= 11 is 0. The van der Waals surface area contributed by atoms with Crippen LogP contribution < -0.4 is 0 Å². The number of unbranched alkanes of at least 4 members (excludes halogenated alkanes) is 12. The fourth-order valence-corrected chi connectivity index (χ4v) is 3.45.